The molecule has 0 aromatic rings. The molecule has 2 N–H and O–H groups in total. The summed E-state index contributed by atoms with van der Waals surface area (Å²) in [5, 5.41) is 11.5. The first-order valence-electron chi connectivity index (χ1n) is 6.47. The molecular weight excluding hydrogens is 268 g/mol. The molecule has 2 unspecified atom stereocenters. The Labute approximate surface area is 116 Å². The van der Waals surface area contributed by atoms with Crippen LogP contribution < -0.4 is 5.32 Å². The van der Waals surface area contributed by atoms with Crippen LogP contribution in [-0.2, 0) is 15.6 Å². The van der Waals surface area contributed by atoms with E-state index in [1.54, 1.807) is 6.26 Å². The average Bonchev–Trinajstić information content (AvgIpc) is 3.11. The van der Waals surface area contributed by atoms with Gasteiger partial charge in [0.25, 0.3) is 0 Å². The smallest absolute Gasteiger partial charge is 0.323 e. The third-order valence-corrected chi connectivity index (χ3v) is 4.55. The van der Waals surface area contributed by atoms with Crippen molar-refractivity contribution in [2.45, 2.75) is 31.4 Å². The second-order valence-corrected chi connectivity index (χ2v) is 6.85. The number of rotatable bonds is 8. The maximum atomic E-state index is 11.9. The van der Waals surface area contributed by atoms with Gasteiger partial charge >= 0.3 is 12.0 Å². The molecule has 0 aliphatic heterocycles. The predicted octanol–water partition coefficient (Wildman–Crippen LogP) is 0.650. The van der Waals surface area contributed by atoms with E-state index in [9.17, 15) is 13.8 Å². The second-order valence-electron chi connectivity index (χ2n) is 5.05. The molecule has 1 saturated carbocycles. The lowest BCUT2D eigenvalue weighted by Gasteiger charge is -2.21. The van der Waals surface area contributed by atoms with Crippen molar-refractivity contribution in [1.29, 1.82) is 0 Å². The summed E-state index contributed by atoms with van der Waals surface area (Å²) in [6, 6.07) is -0.344. The molecule has 2 atom stereocenters. The lowest BCUT2D eigenvalue weighted by Crippen LogP contribution is -2.44. The molecule has 6 nitrogen and oxygen atoms in total. The zero-order valence-electron chi connectivity index (χ0n) is 11.4. The topological polar surface area (TPSA) is 86.7 Å². The highest BCUT2D eigenvalue weighted by Crippen LogP contribution is 2.29. The summed E-state index contributed by atoms with van der Waals surface area (Å²) in [7, 11) is -0.903. The van der Waals surface area contributed by atoms with Gasteiger partial charge in [-0.3, -0.25) is 9.00 Å². The molecule has 7 heteroatoms. The highest BCUT2D eigenvalue weighted by atomic mass is 32.2. The summed E-state index contributed by atoms with van der Waals surface area (Å²) in [5.41, 5.74) is 0. The average molecular weight is 290 g/mol. The molecule has 1 fully saturated rings. The van der Waals surface area contributed by atoms with E-state index in [1.165, 1.54) is 4.90 Å². The Morgan fingerprint density at radius 2 is 2.11 bits per heavy atom. The van der Waals surface area contributed by atoms with Gasteiger partial charge in [0.2, 0.25) is 0 Å². The van der Waals surface area contributed by atoms with Gasteiger partial charge in [0.1, 0.15) is 6.54 Å². The lowest BCUT2D eigenvalue weighted by atomic mass is 10.3. The van der Waals surface area contributed by atoms with Gasteiger partial charge in [-0.25, -0.2) is 4.79 Å². The van der Waals surface area contributed by atoms with Crippen molar-refractivity contribution < 1.29 is 18.9 Å². The number of carboxylic acids is 1. The van der Waals surface area contributed by atoms with Crippen LogP contribution in [0.15, 0.2) is 0 Å². The molecule has 0 bridgehead atoms. The van der Waals surface area contributed by atoms with Crippen LogP contribution in [0.3, 0.4) is 0 Å². The number of urea groups is 1. The molecule has 110 valence electrons. The maximum Gasteiger partial charge on any atom is 0.323 e. The van der Waals surface area contributed by atoms with Crippen LogP contribution in [0.25, 0.3) is 0 Å². The van der Waals surface area contributed by atoms with Crippen LogP contribution in [0.5, 0.6) is 0 Å². The molecule has 0 aromatic heterocycles. The predicted molar refractivity (Wildman–Crippen MR) is 73.5 cm³/mol. The number of carbonyl (C=O) groups excluding carboxylic acids is 1. The summed E-state index contributed by atoms with van der Waals surface area (Å²) in [4.78, 5) is 23.9. The number of hydrogen-bond acceptors (Lipinski definition) is 3. The van der Waals surface area contributed by atoms with Crippen LogP contribution in [0, 0.1) is 5.92 Å². The van der Waals surface area contributed by atoms with Crippen molar-refractivity contribution in [2.24, 2.45) is 5.92 Å². The van der Waals surface area contributed by atoms with Crippen LogP contribution in [-0.4, -0.2) is 57.4 Å². The van der Waals surface area contributed by atoms with Gasteiger partial charge in [0.05, 0.1) is 0 Å². The summed E-state index contributed by atoms with van der Waals surface area (Å²) in [5.74, 6) is -0.550. The van der Waals surface area contributed by atoms with Crippen molar-refractivity contribution in [3.63, 3.8) is 0 Å². The highest BCUT2D eigenvalue weighted by molar-refractivity contribution is 7.84. The minimum absolute atomic E-state index is 0.0247. The van der Waals surface area contributed by atoms with Crippen molar-refractivity contribution in [1.82, 2.24) is 10.2 Å². The van der Waals surface area contributed by atoms with Crippen molar-refractivity contribution in [2.75, 3.05) is 25.9 Å². The molecular formula is C12H22N2O4S. The summed E-state index contributed by atoms with van der Waals surface area (Å²) in [6.45, 7) is 2.52. The molecule has 2 amide bonds. The Kier molecular flexibility index (Phi) is 6.27. The number of aliphatic carboxylic acids is 1. The zero-order valence-corrected chi connectivity index (χ0v) is 12.2. The third kappa shape index (κ3) is 6.56. The van der Waals surface area contributed by atoms with Crippen molar-refractivity contribution >= 4 is 22.8 Å². The third-order valence-electron chi connectivity index (χ3n) is 3.18. The van der Waals surface area contributed by atoms with Crippen LogP contribution in [0.2, 0.25) is 0 Å². The number of carboxylic acid groups (broad SMARTS) is 1. The van der Waals surface area contributed by atoms with Gasteiger partial charge in [-0.2, -0.15) is 0 Å². The Morgan fingerprint density at radius 1 is 1.47 bits per heavy atom. The Hall–Kier alpha value is -1.11. The number of hydrogen-bond donors (Lipinski definition) is 2. The van der Waals surface area contributed by atoms with Gasteiger partial charge in [-0.05, 0) is 25.2 Å². The van der Waals surface area contributed by atoms with Gasteiger partial charge in [0.15, 0.2) is 0 Å². The van der Waals surface area contributed by atoms with E-state index in [1.807, 2.05) is 6.92 Å². The molecule has 0 heterocycles. The van der Waals surface area contributed by atoms with E-state index in [0.29, 0.717) is 25.4 Å². The lowest BCUT2D eigenvalue weighted by molar-refractivity contribution is -0.137. The Morgan fingerprint density at radius 3 is 2.58 bits per heavy atom. The van der Waals surface area contributed by atoms with Crippen LogP contribution in [0.1, 0.15) is 26.2 Å². The highest BCUT2D eigenvalue weighted by Gasteiger charge is 2.27. The van der Waals surface area contributed by atoms with E-state index in [0.717, 1.165) is 12.8 Å². The van der Waals surface area contributed by atoms with E-state index in [-0.39, 0.29) is 17.8 Å². The Bertz CT molecular complexity index is 358. The summed E-state index contributed by atoms with van der Waals surface area (Å²) < 4.78 is 11.2. The number of carbonyl (C=O) groups is 2. The molecule has 0 aromatic carbocycles. The van der Waals surface area contributed by atoms with E-state index >= 15 is 0 Å². The first-order valence-corrected chi connectivity index (χ1v) is 8.09. The molecule has 0 radical (unpaired) electrons. The minimum Gasteiger partial charge on any atom is -0.480 e. The first-order chi connectivity index (χ1) is 8.90. The first kappa shape index (κ1) is 15.9. The summed E-state index contributed by atoms with van der Waals surface area (Å²) >= 11 is 0. The van der Waals surface area contributed by atoms with E-state index < -0.39 is 16.8 Å². The number of nitrogens with zero attached hydrogens (tertiary/aromatic N) is 1. The molecule has 1 aliphatic carbocycles. The SMILES string of the molecule is CC(CCNC(=O)N(CC(=O)O)CC1CC1)S(C)=O. The van der Waals surface area contributed by atoms with Crippen LogP contribution in [0.4, 0.5) is 4.79 Å². The fraction of sp³-hybridized carbons (Fsp3) is 0.833. The van der Waals surface area contributed by atoms with E-state index in [2.05, 4.69) is 5.32 Å². The standard InChI is InChI=1S/C12H22N2O4S/c1-9(19(2)18)5-6-13-12(17)14(8-11(15)16)7-10-3-4-10/h9-10H,3-8H2,1-2H3,(H,13,17)(H,15,16). The summed E-state index contributed by atoms with van der Waals surface area (Å²) in [6.07, 6.45) is 4.39. The minimum atomic E-state index is -1.00. The number of nitrogens with one attached hydrogen (secondary N) is 1. The second kappa shape index (κ2) is 7.47. The maximum absolute atomic E-state index is 11.9. The fourth-order valence-corrected chi connectivity index (χ4v) is 2.10. The van der Waals surface area contributed by atoms with Gasteiger partial charge in [-0.1, -0.05) is 6.92 Å². The quantitative estimate of drug-likeness (QED) is 0.687. The molecule has 1 aliphatic rings. The van der Waals surface area contributed by atoms with Gasteiger partial charge in [0, 0.05) is 35.4 Å². The largest absolute Gasteiger partial charge is 0.480 e. The van der Waals surface area contributed by atoms with Crippen LogP contribution >= 0.6 is 0 Å². The fourth-order valence-electron chi connectivity index (χ4n) is 1.65. The molecule has 19 heavy (non-hydrogen) atoms. The Balaban J connectivity index is 2.33. The molecule has 0 spiro atoms. The zero-order chi connectivity index (χ0) is 14.4. The monoisotopic (exact) mass is 290 g/mol. The van der Waals surface area contributed by atoms with Gasteiger partial charge in [-0.15, -0.1) is 0 Å². The number of amides is 2. The van der Waals surface area contributed by atoms with Crippen molar-refractivity contribution in [3.8, 4) is 0 Å². The van der Waals surface area contributed by atoms with Crippen molar-refractivity contribution in [3.05, 3.63) is 0 Å². The van der Waals surface area contributed by atoms with E-state index in [4.69, 9.17) is 5.11 Å². The molecule has 0 saturated heterocycles. The normalized spacial score (nSPS) is 17.6. The molecule has 1 rings (SSSR count). The van der Waals surface area contributed by atoms with Gasteiger partial charge < -0.3 is 15.3 Å².